The van der Waals surface area contributed by atoms with Crippen molar-refractivity contribution in [2.45, 2.75) is 6.42 Å². The molecule has 0 radical (unpaired) electrons. The molecule has 8 heteroatoms. The number of rotatable bonds is 5. The minimum atomic E-state index is -0.360. The molecular formula is C13H11BrN2O3S2. The van der Waals surface area contributed by atoms with Crippen LogP contribution >= 0.6 is 38.6 Å². The van der Waals surface area contributed by atoms with E-state index < -0.39 is 0 Å². The minimum absolute atomic E-state index is 0.0991. The van der Waals surface area contributed by atoms with Crippen LogP contribution in [0, 0.1) is 0 Å². The fraction of sp³-hybridized carbons (Fsp3) is 0.154. The minimum Gasteiger partial charge on any atom is -0.469 e. The van der Waals surface area contributed by atoms with Crippen LogP contribution in [0.5, 0.6) is 0 Å². The van der Waals surface area contributed by atoms with Crippen LogP contribution in [0.1, 0.15) is 10.6 Å². The second kappa shape index (κ2) is 7.48. The molecule has 21 heavy (non-hydrogen) atoms. The predicted octanol–water partition coefficient (Wildman–Crippen LogP) is 3.33. The molecule has 2 rings (SSSR count). The molecule has 2 heterocycles. The van der Waals surface area contributed by atoms with Crippen LogP contribution in [-0.2, 0) is 20.7 Å². The first-order valence-electron chi connectivity index (χ1n) is 5.82. The number of thiazole rings is 1. The number of thiophene rings is 1. The van der Waals surface area contributed by atoms with Crippen molar-refractivity contribution in [1.29, 1.82) is 0 Å². The third kappa shape index (κ3) is 5.07. The first kappa shape index (κ1) is 15.9. The van der Waals surface area contributed by atoms with Gasteiger partial charge in [-0.2, -0.15) is 0 Å². The Morgan fingerprint density at radius 3 is 2.95 bits per heavy atom. The molecule has 0 unspecified atom stereocenters. The number of hydrogen-bond acceptors (Lipinski definition) is 6. The Labute approximate surface area is 137 Å². The van der Waals surface area contributed by atoms with E-state index in [0.717, 1.165) is 8.66 Å². The second-order valence-corrected chi connectivity index (χ2v) is 7.21. The van der Waals surface area contributed by atoms with Crippen molar-refractivity contribution < 1.29 is 14.3 Å². The van der Waals surface area contributed by atoms with E-state index in [4.69, 9.17) is 0 Å². The summed E-state index contributed by atoms with van der Waals surface area (Å²) in [6.07, 6.45) is 3.27. The van der Waals surface area contributed by atoms with Gasteiger partial charge in [-0.15, -0.1) is 22.7 Å². The third-order valence-electron chi connectivity index (χ3n) is 2.33. The Hall–Kier alpha value is -1.51. The van der Waals surface area contributed by atoms with E-state index in [1.807, 2.05) is 12.1 Å². The summed E-state index contributed by atoms with van der Waals surface area (Å²) in [5.74, 6) is -0.625. The number of amides is 1. The topological polar surface area (TPSA) is 68.3 Å². The molecule has 0 aliphatic carbocycles. The summed E-state index contributed by atoms with van der Waals surface area (Å²) in [6, 6.07) is 3.83. The Balaban J connectivity index is 1.90. The van der Waals surface area contributed by atoms with Crippen LogP contribution in [0.3, 0.4) is 0 Å². The van der Waals surface area contributed by atoms with Crippen LogP contribution in [0.15, 0.2) is 27.4 Å². The molecule has 0 spiro atoms. The number of methoxy groups -OCH3 is 1. The molecule has 5 nitrogen and oxygen atoms in total. The molecule has 2 aromatic rings. The van der Waals surface area contributed by atoms with Crippen molar-refractivity contribution in [2.75, 3.05) is 12.4 Å². The lowest BCUT2D eigenvalue weighted by atomic mass is 10.3. The lowest BCUT2D eigenvalue weighted by Crippen LogP contribution is -2.08. The number of ether oxygens (including phenoxy) is 1. The summed E-state index contributed by atoms with van der Waals surface area (Å²) in [5, 5.41) is 4.82. The Morgan fingerprint density at radius 1 is 1.48 bits per heavy atom. The van der Waals surface area contributed by atoms with E-state index in [9.17, 15) is 9.59 Å². The number of carbonyl (C=O) groups excluding carboxylic acids is 2. The summed E-state index contributed by atoms with van der Waals surface area (Å²) in [5.41, 5.74) is 0.577. The highest BCUT2D eigenvalue weighted by atomic mass is 79.9. The highest BCUT2D eigenvalue weighted by molar-refractivity contribution is 9.11. The maximum absolute atomic E-state index is 11.8. The Bertz CT molecular complexity index is 679. The van der Waals surface area contributed by atoms with Gasteiger partial charge in [0.1, 0.15) is 0 Å². The zero-order valence-electron chi connectivity index (χ0n) is 11.0. The molecule has 0 saturated heterocycles. The number of nitrogens with zero attached hydrogens (tertiary/aromatic N) is 1. The SMILES string of the molecule is COC(=O)Cc1csc(NC(=O)/C=C/c2ccc(Br)s2)n1. The summed E-state index contributed by atoms with van der Waals surface area (Å²) < 4.78 is 5.57. The van der Waals surface area contributed by atoms with Crippen molar-refractivity contribution in [3.05, 3.63) is 37.9 Å². The number of nitrogens with one attached hydrogen (secondary N) is 1. The molecule has 110 valence electrons. The van der Waals surface area contributed by atoms with E-state index in [1.165, 1.54) is 35.9 Å². The Kier molecular flexibility index (Phi) is 5.66. The zero-order valence-corrected chi connectivity index (χ0v) is 14.2. The van der Waals surface area contributed by atoms with E-state index in [2.05, 4.69) is 31.0 Å². The quantitative estimate of drug-likeness (QED) is 0.631. The van der Waals surface area contributed by atoms with Crippen LogP contribution in [-0.4, -0.2) is 24.0 Å². The molecule has 0 bridgehead atoms. The van der Waals surface area contributed by atoms with Gasteiger partial charge in [0.25, 0.3) is 0 Å². The van der Waals surface area contributed by atoms with Crippen molar-refractivity contribution in [1.82, 2.24) is 4.98 Å². The van der Waals surface area contributed by atoms with Crippen molar-refractivity contribution >= 4 is 61.7 Å². The average Bonchev–Trinajstić information content (AvgIpc) is 3.05. The van der Waals surface area contributed by atoms with Gasteiger partial charge in [-0.3, -0.25) is 14.9 Å². The van der Waals surface area contributed by atoms with Crippen molar-refractivity contribution in [3.8, 4) is 0 Å². The highest BCUT2D eigenvalue weighted by Gasteiger charge is 2.08. The van der Waals surface area contributed by atoms with Crippen LogP contribution < -0.4 is 5.32 Å². The number of anilines is 1. The maximum atomic E-state index is 11.8. The molecule has 0 fully saturated rings. The van der Waals surface area contributed by atoms with Gasteiger partial charge in [0.05, 0.1) is 23.0 Å². The van der Waals surface area contributed by atoms with Crippen LogP contribution in [0.2, 0.25) is 0 Å². The summed E-state index contributed by atoms with van der Waals surface area (Å²) in [7, 11) is 1.32. The van der Waals surface area contributed by atoms with Gasteiger partial charge in [0, 0.05) is 16.3 Å². The molecule has 0 aromatic carbocycles. The van der Waals surface area contributed by atoms with E-state index >= 15 is 0 Å². The molecular weight excluding hydrogens is 376 g/mol. The van der Waals surface area contributed by atoms with Crippen molar-refractivity contribution in [3.63, 3.8) is 0 Å². The number of hydrogen-bond donors (Lipinski definition) is 1. The fourth-order valence-electron chi connectivity index (χ4n) is 1.39. The first-order valence-corrected chi connectivity index (χ1v) is 8.31. The van der Waals surface area contributed by atoms with Gasteiger partial charge in [0.15, 0.2) is 5.13 Å². The van der Waals surface area contributed by atoms with Gasteiger partial charge < -0.3 is 4.74 Å². The third-order valence-corrected chi connectivity index (χ3v) is 4.72. The monoisotopic (exact) mass is 386 g/mol. The summed E-state index contributed by atoms with van der Waals surface area (Å²) >= 11 is 6.16. The number of halogens is 1. The maximum Gasteiger partial charge on any atom is 0.311 e. The molecule has 1 amide bonds. The Morgan fingerprint density at radius 2 is 2.29 bits per heavy atom. The molecule has 1 N–H and O–H groups in total. The normalized spacial score (nSPS) is 10.8. The largest absolute Gasteiger partial charge is 0.469 e. The van der Waals surface area contributed by atoms with E-state index in [-0.39, 0.29) is 18.3 Å². The standard InChI is InChI=1S/C13H11BrN2O3S2/c1-19-12(18)6-8-7-20-13(15-8)16-11(17)5-3-9-2-4-10(14)21-9/h2-5,7H,6H2,1H3,(H,15,16,17)/b5-3+. The molecule has 2 aromatic heterocycles. The lowest BCUT2D eigenvalue weighted by molar-refractivity contribution is -0.139. The van der Waals surface area contributed by atoms with Crippen molar-refractivity contribution in [2.24, 2.45) is 0 Å². The molecule has 0 aliphatic heterocycles. The molecule has 0 aliphatic rings. The average molecular weight is 387 g/mol. The molecule has 0 atom stereocenters. The second-order valence-electron chi connectivity index (χ2n) is 3.86. The first-order chi connectivity index (χ1) is 10.1. The zero-order chi connectivity index (χ0) is 15.2. The highest BCUT2D eigenvalue weighted by Crippen LogP contribution is 2.23. The van der Waals surface area contributed by atoms with Crippen LogP contribution in [0.25, 0.3) is 6.08 Å². The van der Waals surface area contributed by atoms with Gasteiger partial charge in [-0.05, 0) is 34.1 Å². The van der Waals surface area contributed by atoms with Gasteiger partial charge in [-0.25, -0.2) is 4.98 Å². The summed E-state index contributed by atoms with van der Waals surface area (Å²) in [6.45, 7) is 0. The van der Waals surface area contributed by atoms with Gasteiger partial charge in [-0.1, -0.05) is 0 Å². The smallest absolute Gasteiger partial charge is 0.311 e. The fourth-order valence-corrected chi connectivity index (χ4v) is 3.43. The van der Waals surface area contributed by atoms with Gasteiger partial charge >= 0.3 is 5.97 Å². The van der Waals surface area contributed by atoms with Gasteiger partial charge in [0.2, 0.25) is 5.91 Å². The lowest BCUT2D eigenvalue weighted by Gasteiger charge is -1.96. The number of aromatic nitrogens is 1. The van der Waals surface area contributed by atoms with E-state index in [0.29, 0.717) is 10.8 Å². The molecule has 0 saturated carbocycles. The van der Waals surface area contributed by atoms with E-state index in [1.54, 1.807) is 11.5 Å². The predicted molar refractivity (Wildman–Crippen MR) is 87.5 cm³/mol. The summed E-state index contributed by atoms with van der Waals surface area (Å²) in [4.78, 5) is 28.0. The van der Waals surface area contributed by atoms with Crippen LogP contribution in [0.4, 0.5) is 5.13 Å². The number of esters is 1. The number of carbonyl (C=O) groups is 2.